The van der Waals surface area contributed by atoms with Gasteiger partial charge in [0.2, 0.25) is 5.91 Å². The minimum absolute atomic E-state index is 0.0359. The lowest BCUT2D eigenvalue weighted by Crippen LogP contribution is -2.54. The molecule has 118 valence electrons. The van der Waals surface area contributed by atoms with Crippen molar-refractivity contribution >= 4 is 11.6 Å². The van der Waals surface area contributed by atoms with E-state index in [1.165, 1.54) is 9.08 Å². The highest BCUT2D eigenvalue weighted by atomic mass is 16.2. The lowest BCUT2D eigenvalue weighted by atomic mass is 9.80. The van der Waals surface area contributed by atoms with Gasteiger partial charge >= 0.3 is 5.69 Å². The van der Waals surface area contributed by atoms with Gasteiger partial charge in [-0.3, -0.25) is 9.20 Å². The molecule has 1 aliphatic rings. The Labute approximate surface area is 128 Å². The van der Waals surface area contributed by atoms with Gasteiger partial charge in [-0.15, -0.1) is 5.10 Å². The zero-order chi connectivity index (χ0) is 15.9. The number of hydrogen-bond donors (Lipinski definition) is 1. The van der Waals surface area contributed by atoms with Crippen LogP contribution in [0.5, 0.6) is 0 Å². The molecule has 3 heterocycles. The third-order valence-corrected chi connectivity index (χ3v) is 4.44. The second-order valence-electron chi connectivity index (χ2n) is 6.57. The van der Waals surface area contributed by atoms with Crippen LogP contribution in [0.1, 0.15) is 20.3 Å². The van der Waals surface area contributed by atoms with E-state index in [-0.39, 0.29) is 29.6 Å². The zero-order valence-corrected chi connectivity index (χ0v) is 12.9. The number of amides is 1. The van der Waals surface area contributed by atoms with Crippen LogP contribution in [-0.2, 0) is 11.3 Å². The quantitative estimate of drug-likeness (QED) is 0.851. The van der Waals surface area contributed by atoms with E-state index < -0.39 is 0 Å². The average molecular weight is 303 g/mol. The second kappa shape index (κ2) is 5.24. The van der Waals surface area contributed by atoms with Crippen LogP contribution >= 0.6 is 0 Å². The number of aromatic nitrogens is 3. The minimum atomic E-state index is -0.295. The molecule has 1 aliphatic heterocycles. The first kappa shape index (κ1) is 14.8. The number of pyridine rings is 1. The molecule has 3 rings (SSSR count). The van der Waals surface area contributed by atoms with E-state index in [9.17, 15) is 9.59 Å². The molecule has 22 heavy (non-hydrogen) atoms. The van der Waals surface area contributed by atoms with Gasteiger partial charge in [0.1, 0.15) is 6.54 Å². The van der Waals surface area contributed by atoms with E-state index in [4.69, 9.17) is 5.73 Å². The smallest absolute Gasteiger partial charge is 0.340 e. The number of carbonyl (C=O) groups excluding carboxylic acids is 1. The van der Waals surface area contributed by atoms with Gasteiger partial charge in [0, 0.05) is 25.3 Å². The Morgan fingerprint density at radius 3 is 2.91 bits per heavy atom. The Morgan fingerprint density at radius 1 is 1.45 bits per heavy atom. The van der Waals surface area contributed by atoms with Gasteiger partial charge < -0.3 is 10.6 Å². The maximum Gasteiger partial charge on any atom is 0.350 e. The number of likely N-dealkylation sites (tertiary alicyclic amines) is 1. The normalized spacial score (nSPS) is 21.2. The Bertz CT molecular complexity index is 761. The first-order chi connectivity index (χ1) is 10.4. The highest BCUT2D eigenvalue weighted by Gasteiger charge is 2.35. The molecule has 1 amide bonds. The Hall–Kier alpha value is -2.15. The molecule has 0 aliphatic carbocycles. The highest BCUT2D eigenvalue weighted by Crippen LogP contribution is 2.27. The fourth-order valence-electron chi connectivity index (χ4n) is 2.89. The van der Waals surface area contributed by atoms with Crippen molar-refractivity contribution in [3.05, 3.63) is 34.9 Å². The third-order valence-electron chi connectivity index (χ3n) is 4.44. The molecule has 0 saturated carbocycles. The summed E-state index contributed by atoms with van der Waals surface area (Å²) in [5.74, 6) is -0.0921. The van der Waals surface area contributed by atoms with Crippen LogP contribution in [0.15, 0.2) is 29.2 Å². The summed E-state index contributed by atoms with van der Waals surface area (Å²) in [7, 11) is 0. The molecule has 1 fully saturated rings. The molecule has 0 bridgehead atoms. The number of piperidine rings is 1. The number of fused-ring (bicyclic) bond motifs is 1. The van der Waals surface area contributed by atoms with Crippen LogP contribution in [0, 0.1) is 5.41 Å². The molecule has 2 N–H and O–H groups in total. The van der Waals surface area contributed by atoms with E-state index in [0.29, 0.717) is 18.7 Å². The first-order valence-corrected chi connectivity index (χ1v) is 7.46. The van der Waals surface area contributed by atoms with Crippen LogP contribution in [-0.4, -0.2) is 44.1 Å². The molecular weight excluding hydrogens is 282 g/mol. The summed E-state index contributed by atoms with van der Waals surface area (Å²) in [6.07, 6.45) is 2.42. The SMILES string of the molecule is CC1(C)CN(C(=O)Cn2nc3ccccn3c2=O)CCC1N. The maximum atomic E-state index is 12.5. The largest absolute Gasteiger partial charge is 0.350 e. The average Bonchev–Trinajstić information content (AvgIpc) is 2.79. The van der Waals surface area contributed by atoms with Crippen LogP contribution in [0.4, 0.5) is 0 Å². The van der Waals surface area contributed by atoms with E-state index in [0.717, 1.165) is 6.42 Å². The molecule has 7 nitrogen and oxygen atoms in total. The molecule has 0 radical (unpaired) electrons. The Balaban J connectivity index is 1.79. The summed E-state index contributed by atoms with van der Waals surface area (Å²) in [6.45, 7) is 5.33. The van der Waals surface area contributed by atoms with Crippen molar-refractivity contribution < 1.29 is 4.79 Å². The topological polar surface area (TPSA) is 85.6 Å². The molecular formula is C15H21N5O2. The molecule has 1 saturated heterocycles. The van der Waals surface area contributed by atoms with Crippen LogP contribution in [0.2, 0.25) is 0 Å². The standard InChI is InChI=1S/C15H21N5O2/c1-15(2)10-18(8-6-11(15)16)13(21)9-20-14(22)19-7-4-3-5-12(19)17-20/h3-5,7,11H,6,8-10,16H2,1-2H3. The van der Waals surface area contributed by atoms with Crippen molar-refractivity contribution in [2.45, 2.75) is 32.9 Å². The van der Waals surface area contributed by atoms with E-state index >= 15 is 0 Å². The number of hydrogen-bond acceptors (Lipinski definition) is 4. The van der Waals surface area contributed by atoms with E-state index in [2.05, 4.69) is 18.9 Å². The minimum Gasteiger partial charge on any atom is -0.340 e. The van der Waals surface area contributed by atoms with Gasteiger partial charge in [-0.2, -0.15) is 0 Å². The van der Waals surface area contributed by atoms with E-state index in [1.54, 1.807) is 23.2 Å². The number of rotatable bonds is 2. The van der Waals surface area contributed by atoms with Crippen LogP contribution in [0.25, 0.3) is 5.65 Å². The fraction of sp³-hybridized carbons (Fsp3) is 0.533. The van der Waals surface area contributed by atoms with Gasteiger partial charge in [0.15, 0.2) is 5.65 Å². The summed E-state index contributed by atoms with van der Waals surface area (Å²) in [5.41, 5.74) is 6.23. The second-order valence-corrected chi connectivity index (χ2v) is 6.57. The third kappa shape index (κ3) is 2.52. The van der Waals surface area contributed by atoms with Crippen molar-refractivity contribution in [2.24, 2.45) is 11.1 Å². The van der Waals surface area contributed by atoms with Gasteiger partial charge in [-0.25, -0.2) is 9.48 Å². The zero-order valence-electron chi connectivity index (χ0n) is 12.9. The lowest BCUT2D eigenvalue weighted by molar-refractivity contribution is -0.135. The van der Waals surface area contributed by atoms with Crippen molar-refractivity contribution in [3.8, 4) is 0 Å². The fourth-order valence-corrected chi connectivity index (χ4v) is 2.89. The molecule has 7 heteroatoms. The Kier molecular flexibility index (Phi) is 3.52. The molecule has 2 aromatic heterocycles. The van der Waals surface area contributed by atoms with E-state index in [1.807, 2.05) is 6.07 Å². The van der Waals surface area contributed by atoms with Crippen molar-refractivity contribution in [2.75, 3.05) is 13.1 Å². The van der Waals surface area contributed by atoms with Crippen molar-refractivity contribution in [1.29, 1.82) is 0 Å². The van der Waals surface area contributed by atoms with Gasteiger partial charge in [-0.1, -0.05) is 19.9 Å². The number of nitrogens with two attached hydrogens (primary N) is 1. The van der Waals surface area contributed by atoms with Crippen LogP contribution in [0.3, 0.4) is 0 Å². The van der Waals surface area contributed by atoms with Gasteiger partial charge in [-0.05, 0) is 24.0 Å². The van der Waals surface area contributed by atoms with Crippen molar-refractivity contribution in [3.63, 3.8) is 0 Å². The molecule has 1 atom stereocenters. The monoisotopic (exact) mass is 303 g/mol. The first-order valence-electron chi connectivity index (χ1n) is 7.46. The summed E-state index contributed by atoms with van der Waals surface area (Å²) >= 11 is 0. The molecule has 1 unspecified atom stereocenters. The summed E-state index contributed by atoms with van der Waals surface area (Å²) in [5, 5.41) is 4.19. The number of nitrogens with zero attached hydrogens (tertiary/aromatic N) is 4. The van der Waals surface area contributed by atoms with Gasteiger partial charge in [0.05, 0.1) is 0 Å². The predicted molar refractivity (Wildman–Crippen MR) is 82.4 cm³/mol. The van der Waals surface area contributed by atoms with Crippen LogP contribution < -0.4 is 11.4 Å². The molecule has 0 spiro atoms. The lowest BCUT2D eigenvalue weighted by Gasteiger charge is -2.42. The molecule has 0 aromatic carbocycles. The number of carbonyl (C=O) groups is 1. The Morgan fingerprint density at radius 2 is 2.23 bits per heavy atom. The highest BCUT2D eigenvalue weighted by molar-refractivity contribution is 5.76. The van der Waals surface area contributed by atoms with Crippen molar-refractivity contribution in [1.82, 2.24) is 19.1 Å². The summed E-state index contributed by atoms with van der Waals surface area (Å²) in [6, 6.07) is 5.40. The predicted octanol–water partition coefficient (Wildman–Crippen LogP) is 0.0818. The molecule has 2 aromatic rings. The summed E-state index contributed by atoms with van der Waals surface area (Å²) in [4.78, 5) is 26.4. The summed E-state index contributed by atoms with van der Waals surface area (Å²) < 4.78 is 2.66. The maximum absolute atomic E-state index is 12.5. The van der Waals surface area contributed by atoms with Gasteiger partial charge in [0.25, 0.3) is 0 Å².